The highest BCUT2D eigenvalue weighted by Gasteiger charge is 2.40. The summed E-state index contributed by atoms with van der Waals surface area (Å²) in [6, 6.07) is 10.2. The molecule has 1 atom stereocenters. The summed E-state index contributed by atoms with van der Waals surface area (Å²) in [5.74, 6) is 0.714. The molecule has 6 nitrogen and oxygen atoms in total. The standard InChI is InChI=1S/C20H22N2O4/c1-12-5-6-14(9-13(12)2)22-19(23)11-17(20(22)24)21-16-8-7-15(25-3)10-18(16)26-4/h5-10,17,21H,11H2,1-4H3. The molecule has 1 fully saturated rings. The van der Waals surface area contributed by atoms with Crippen molar-refractivity contribution >= 4 is 23.2 Å². The first-order valence-corrected chi connectivity index (χ1v) is 8.37. The fourth-order valence-corrected chi connectivity index (χ4v) is 2.99. The number of methoxy groups -OCH3 is 2. The minimum absolute atomic E-state index is 0.0982. The molecule has 3 rings (SSSR count). The molecule has 26 heavy (non-hydrogen) atoms. The number of carbonyl (C=O) groups excluding carboxylic acids is 2. The van der Waals surface area contributed by atoms with Gasteiger partial charge in [-0.15, -0.1) is 0 Å². The largest absolute Gasteiger partial charge is 0.497 e. The van der Waals surface area contributed by atoms with Gasteiger partial charge < -0.3 is 14.8 Å². The van der Waals surface area contributed by atoms with Crippen LogP contribution in [-0.2, 0) is 9.59 Å². The lowest BCUT2D eigenvalue weighted by molar-refractivity contribution is -0.121. The molecular formula is C20H22N2O4. The summed E-state index contributed by atoms with van der Waals surface area (Å²) in [7, 11) is 3.12. The van der Waals surface area contributed by atoms with E-state index in [0.29, 0.717) is 22.9 Å². The number of nitrogens with zero attached hydrogens (tertiary/aromatic N) is 1. The quantitative estimate of drug-likeness (QED) is 0.836. The van der Waals surface area contributed by atoms with Crippen LogP contribution in [0.1, 0.15) is 17.5 Å². The van der Waals surface area contributed by atoms with Crippen LogP contribution in [0.25, 0.3) is 0 Å². The van der Waals surface area contributed by atoms with Gasteiger partial charge in [0.05, 0.1) is 32.0 Å². The molecule has 2 amide bonds. The van der Waals surface area contributed by atoms with E-state index in [2.05, 4.69) is 5.32 Å². The van der Waals surface area contributed by atoms with Gasteiger partial charge in [0.15, 0.2) is 0 Å². The van der Waals surface area contributed by atoms with Crippen LogP contribution in [0.2, 0.25) is 0 Å². The Labute approximate surface area is 152 Å². The zero-order valence-electron chi connectivity index (χ0n) is 15.3. The number of anilines is 2. The van der Waals surface area contributed by atoms with E-state index in [9.17, 15) is 9.59 Å². The lowest BCUT2D eigenvalue weighted by Gasteiger charge is -2.18. The van der Waals surface area contributed by atoms with Crippen molar-refractivity contribution in [3.8, 4) is 11.5 Å². The Morgan fingerprint density at radius 3 is 2.42 bits per heavy atom. The SMILES string of the molecule is COc1ccc(NC2CC(=O)N(c3ccc(C)c(C)c3)C2=O)c(OC)c1. The molecule has 0 radical (unpaired) electrons. The van der Waals surface area contributed by atoms with Crippen LogP contribution in [0.5, 0.6) is 11.5 Å². The number of nitrogens with one attached hydrogen (secondary N) is 1. The van der Waals surface area contributed by atoms with Crippen LogP contribution >= 0.6 is 0 Å². The monoisotopic (exact) mass is 354 g/mol. The topological polar surface area (TPSA) is 67.9 Å². The highest BCUT2D eigenvalue weighted by Crippen LogP contribution is 2.32. The Morgan fingerprint density at radius 2 is 1.77 bits per heavy atom. The normalized spacial score (nSPS) is 16.8. The van der Waals surface area contributed by atoms with E-state index in [0.717, 1.165) is 11.1 Å². The summed E-state index contributed by atoms with van der Waals surface area (Å²) in [5, 5.41) is 3.13. The summed E-state index contributed by atoms with van der Waals surface area (Å²) in [6.07, 6.45) is 0.0982. The van der Waals surface area contributed by atoms with E-state index >= 15 is 0 Å². The Bertz CT molecular complexity index is 863. The van der Waals surface area contributed by atoms with E-state index in [4.69, 9.17) is 9.47 Å². The van der Waals surface area contributed by atoms with E-state index in [1.165, 1.54) is 4.90 Å². The highest BCUT2D eigenvalue weighted by molar-refractivity contribution is 6.23. The minimum Gasteiger partial charge on any atom is -0.497 e. The van der Waals surface area contributed by atoms with E-state index in [1.807, 2.05) is 26.0 Å². The van der Waals surface area contributed by atoms with Gasteiger partial charge in [0.2, 0.25) is 5.91 Å². The Balaban J connectivity index is 1.84. The van der Waals surface area contributed by atoms with Crippen LogP contribution in [0.4, 0.5) is 11.4 Å². The highest BCUT2D eigenvalue weighted by atomic mass is 16.5. The summed E-state index contributed by atoms with van der Waals surface area (Å²) < 4.78 is 10.5. The molecule has 136 valence electrons. The molecule has 1 unspecified atom stereocenters. The summed E-state index contributed by atoms with van der Waals surface area (Å²) in [4.78, 5) is 26.5. The molecule has 0 spiro atoms. The van der Waals surface area contributed by atoms with Crippen LogP contribution in [-0.4, -0.2) is 32.1 Å². The molecule has 1 aliphatic heterocycles. The molecular weight excluding hydrogens is 332 g/mol. The fourth-order valence-electron chi connectivity index (χ4n) is 2.99. The van der Waals surface area contributed by atoms with Crippen LogP contribution in [0.3, 0.4) is 0 Å². The van der Waals surface area contributed by atoms with Crippen molar-refractivity contribution in [2.75, 3.05) is 24.4 Å². The van der Waals surface area contributed by atoms with Crippen molar-refractivity contribution in [1.29, 1.82) is 0 Å². The number of benzene rings is 2. The number of hydrogen-bond acceptors (Lipinski definition) is 5. The first-order valence-electron chi connectivity index (χ1n) is 8.37. The lowest BCUT2D eigenvalue weighted by atomic mass is 10.1. The van der Waals surface area contributed by atoms with E-state index < -0.39 is 6.04 Å². The molecule has 0 aliphatic carbocycles. The van der Waals surface area contributed by atoms with Gasteiger partial charge in [0.1, 0.15) is 17.5 Å². The van der Waals surface area contributed by atoms with E-state index in [1.54, 1.807) is 38.5 Å². The van der Waals surface area contributed by atoms with Gasteiger partial charge in [-0.3, -0.25) is 9.59 Å². The number of rotatable bonds is 5. The molecule has 2 aromatic rings. The number of amides is 2. The molecule has 1 aliphatic rings. The first kappa shape index (κ1) is 17.8. The van der Waals surface area contributed by atoms with Crippen molar-refractivity contribution in [2.24, 2.45) is 0 Å². The van der Waals surface area contributed by atoms with Gasteiger partial charge in [-0.1, -0.05) is 6.07 Å². The molecule has 1 saturated heterocycles. The second-order valence-corrected chi connectivity index (χ2v) is 6.30. The molecule has 1 heterocycles. The van der Waals surface area contributed by atoms with Gasteiger partial charge in [-0.2, -0.15) is 0 Å². The van der Waals surface area contributed by atoms with Gasteiger partial charge in [0, 0.05) is 6.07 Å². The van der Waals surface area contributed by atoms with Crippen molar-refractivity contribution in [2.45, 2.75) is 26.3 Å². The molecule has 0 bridgehead atoms. The third kappa shape index (κ3) is 3.22. The van der Waals surface area contributed by atoms with Crippen molar-refractivity contribution in [3.05, 3.63) is 47.5 Å². The number of aryl methyl sites for hydroxylation is 2. The van der Waals surface area contributed by atoms with Crippen LogP contribution < -0.4 is 19.7 Å². The van der Waals surface area contributed by atoms with Crippen LogP contribution in [0, 0.1) is 13.8 Å². The molecule has 2 aromatic carbocycles. The number of hydrogen-bond donors (Lipinski definition) is 1. The van der Waals surface area contributed by atoms with Crippen molar-refractivity contribution < 1.29 is 19.1 Å². The maximum atomic E-state index is 12.8. The summed E-state index contributed by atoms with van der Waals surface area (Å²) in [6.45, 7) is 3.95. The Kier molecular flexibility index (Phi) is 4.84. The number of imide groups is 1. The van der Waals surface area contributed by atoms with Gasteiger partial charge in [0.25, 0.3) is 5.91 Å². The Hall–Kier alpha value is -3.02. The van der Waals surface area contributed by atoms with Crippen LogP contribution in [0.15, 0.2) is 36.4 Å². The lowest BCUT2D eigenvalue weighted by Crippen LogP contribution is -2.34. The minimum atomic E-state index is -0.633. The smallest absolute Gasteiger partial charge is 0.256 e. The number of carbonyl (C=O) groups is 2. The number of ether oxygens (including phenoxy) is 2. The van der Waals surface area contributed by atoms with E-state index in [-0.39, 0.29) is 18.2 Å². The summed E-state index contributed by atoms with van der Waals surface area (Å²) >= 11 is 0. The van der Waals surface area contributed by atoms with Gasteiger partial charge in [-0.05, 0) is 49.2 Å². The average molecular weight is 354 g/mol. The molecule has 6 heteroatoms. The predicted octanol–water partition coefficient (Wildman–Crippen LogP) is 3.06. The summed E-state index contributed by atoms with van der Waals surface area (Å²) in [5.41, 5.74) is 3.40. The predicted molar refractivity (Wildman–Crippen MR) is 100.0 cm³/mol. The first-order chi connectivity index (χ1) is 12.4. The van der Waals surface area contributed by atoms with Gasteiger partial charge in [-0.25, -0.2) is 4.90 Å². The maximum absolute atomic E-state index is 12.8. The second-order valence-electron chi connectivity index (χ2n) is 6.30. The van der Waals surface area contributed by atoms with Gasteiger partial charge >= 0.3 is 0 Å². The zero-order chi connectivity index (χ0) is 18.8. The molecule has 0 aromatic heterocycles. The average Bonchev–Trinajstić information content (AvgIpc) is 2.91. The second kappa shape index (κ2) is 7.07. The van der Waals surface area contributed by atoms with Crippen molar-refractivity contribution in [3.63, 3.8) is 0 Å². The maximum Gasteiger partial charge on any atom is 0.256 e. The molecule has 0 saturated carbocycles. The Morgan fingerprint density at radius 1 is 1.00 bits per heavy atom. The third-order valence-corrected chi connectivity index (χ3v) is 4.63. The van der Waals surface area contributed by atoms with Crippen molar-refractivity contribution in [1.82, 2.24) is 0 Å². The molecule has 1 N–H and O–H groups in total. The fraction of sp³-hybridized carbons (Fsp3) is 0.300. The zero-order valence-corrected chi connectivity index (χ0v) is 15.3. The third-order valence-electron chi connectivity index (χ3n) is 4.63.